The maximum atomic E-state index is 14.4. The first kappa shape index (κ1) is 17.2. The minimum atomic E-state index is -1.31. The molecule has 0 saturated heterocycles. The van der Waals surface area contributed by atoms with Gasteiger partial charge in [-0.05, 0) is 60.3 Å². The number of allylic oxidation sites excluding steroid dienone is 2. The average molecular weight is 344 g/mol. The van der Waals surface area contributed by atoms with Crippen LogP contribution in [0.25, 0.3) is 0 Å². The summed E-state index contributed by atoms with van der Waals surface area (Å²) in [5.41, 5.74) is 1.77. The smallest absolute Gasteiger partial charge is 0.173 e. The van der Waals surface area contributed by atoms with Crippen molar-refractivity contribution in [1.29, 1.82) is 0 Å². The van der Waals surface area contributed by atoms with E-state index in [4.69, 9.17) is 0 Å². The third-order valence-electron chi connectivity index (χ3n) is 8.66. The Labute approximate surface area is 149 Å². The third-order valence-corrected chi connectivity index (χ3v) is 8.66. The number of rotatable bonds is 0. The Morgan fingerprint density at radius 3 is 2.56 bits per heavy atom. The number of carbonyl (C=O) groups excluding carboxylic acids is 2. The highest BCUT2D eigenvalue weighted by Gasteiger charge is 2.64. The molecule has 4 rings (SSSR count). The summed E-state index contributed by atoms with van der Waals surface area (Å²) in [6.45, 7) is 13.0. The van der Waals surface area contributed by atoms with E-state index in [1.54, 1.807) is 0 Å². The molecule has 0 aromatic rings. The molecule has 0 radical (unpaired) electrons. The second-order valence-electron chi connectivity index (χ2n) is 9.51. The molecule has 0 N–H and O–H groups in total. The predicted octanol–water partition coefficient (Wildman–Crippen LogP) is 4.69. The molecule has 136 valence electrons. The summed E-state index contributed by atoms with van der Waals surface area (Å²) in [5, 5.41) is 0. The lowest BCUT2D eigenvalue weighted by atomic mass is 9.43. The molecule has 0 spiro atoms. The van der Waals surface area contributed by atoms with Crippen LogP contribution in [0.4, 0.5) is 4.39 Å². The number of ketones is 2. The van der Waals surface area contributed by atoms with Gasteiger partial charge in [-0.15, -0.1) is 0 Å². The van der Waals surface area contributed by atoms with Crippen molar-refractivity contribution in [3.8, 4) is 0 Å². The van der Waals surface area contributed by atoms with Crippen molar-refractivity contribution >= 4 is 11.6 Å². The highest BCUT2D eigenvalue weighted by molar-refractivity contribution is 5.93. The molecule has 0 heterocycles. The van der Waals surface area contributed by atoms with Gasteiger partial charge < -0.3 is 0 Å². The molecular weight excluding hydrogens is 315 g/mol. The van der Waals surface area contributed by atoms with Gasteiger partial charge in [-0.25, -0.2) is 4.39 Å². The van der Waals surface area contributed by atoms with Crippen LogP contribution in [0.15, 0.2) is 23.8 Å². The minimum Gasteiger partial charge on any atom is -0.296 e. The number of carbonyl (C=O) groups is 2. The molecule has 0 bridgehead atoms. The summed E-state index contributed by atoms with van der Waals surface area (Å²) in [6, 6.07) is 0. The van der Waals surface area contributed by atoms with Crippen LogP contribution in [0.3, 0.4) is 0 Å². The molecular formula is C22H29FO2. The van der Waals surface area contributed by atoms with Crippen LogP contribution < -0.4 is 0 Å². The van der Waals surface area contributed by atoms with Gasteiger partial charge in [-0.1, -0.05) is 45.4 Å². The van der Waals surface area contributed by atoms with E-state index in [2.05, 4.69) is 27.4 Å². The molecule has 25 heavy (non-hydrogen) atoms. The predicted molar refractivity (Wildman–Crippen MR) is 95.6 cm³/mol. The fourth-order valence-corrected chi connectivity index (χ4v) is 6.93. The average Bonchev–Trinajstić information content (AvgIpc) is 2.78. The Hall–Kier alpha value is -1.25. The fraction of sp³-hybridized carbons (Fsp3) is 0.727. The SMILES string of the molecule is C=C1[C@H](C)C2=CC(=O)C[C@@H](C)[C@]2(C)[C@H]2CC[C@]3(C)C(=O)[C@H](F)C[C@H]3[C@H]12. The number of alkyl halides is 1. The van der Waals surface area contributed by atoms with Crippen LogP contribution >= 0.6 is 0 Å². The van der Waals surface area contributed by atoms with E-state index in [9.17, 15) is 14.0 Å². The molecule has 0 aromatic heterocycles. The van der Waals surface area contributed by atoms with Gasteiger partial charge in [0.2, 0.25) is 0 Å². The maximum Gasteiger partial charge on any atom is 0.173 e. The van der Waals surface area contributed by atoms with Gasteiger partial charge in [-0.2, -0.15) is 0 Å². The maximum absolute atomic E-state index is 14.4. The molecule has 3 heteroatoms. The van der Waals surface area contributed by atoms with Gasteiger partial charge in [0.1, 0.15) is 0 Å². The molecule has 4 aliphatic carbocycles. The highest BCUT2D eigenvalue weighted by atomic mass is 19.1. The van der Waals surface area contributed by atoms with Crippen LogP contribution in [-0.2, 0) is 9.59 Å². The number of halogens is 1. The zero-order valence-corrected chi connectivity index (χ0v) is 15.8. The lowest BCUT2D eigenvalue weighted by molar-refractivity contribution is -0.134. The Bertz CT molecular complexity index is 707. The van der Waals surface area contributed by atoms with E-state index in [-0.39, 0.29) is 40.7 Å². The van der Waals surface area contributed by atoms with Crippen molar-refractivity contribution in [1.82, 2.24) is 0 Å². The van der Waals surface area contributed by atoms with E-state index in [0.29, 0.717) is 18.8 Å². The monoisotopic (exact) mass is 344 g/mol. The summed E-state index contributed by atoms with van der Waals surface area (Å²) in [5.74, 6) is 1.07. The first-order chi connectivity index (χ1) is 11.6. The van der Waals surface area contributed by atoms with Crippen LogP contribution in [0, 0.1) is 40.4 Å². The van der Waals surface area contributed by atoms with Crippen molar-refractivity contribution in [2.24, 2.45) is 40.4 Å². The summed E-state index contributed by atoms with van der Waals surface area (Å²) in [7, 11) is 0. The zero-order chi connectivity index (χ0) is 18.3. The van der Waals surface area contributed by atoms with Gasteiger partial charge in [0.05, 0.1) is 0 Å². The summed E-state index contributed by atoms with van der Waals surface area (Å²) in [4.78, 5) is 24.7. The lowest BCUT2D eigenvalue weighted by Gasteiger charge is -2.61. The molecule has 0 aliphatic heterocycles. The van der Waals surface area contributed by atoms with Gasteiger partial charge in [-0.3, -0.25) is 9.59 Å². The van der Waals surface area contributed by atoms with Gasteiger partial charge in [0, 0.05) is 11.8 Å². The van der Waals surface area contributed by atoms with Crippen molar-refractivity contribution in [2.75, 3.05) is 0 Å². The molecule has 0 amide bonds. The number of fused-ring (bicyclic) bond motifs is 5. The van der Waals surface area contributed by atoms with Crippen LogP contribution in [0.2, 0.25) is 0 Å². The van der Waals surface area contributed by atoms with Crippen LogP contribution in [0.1, 0.15) is 53.4 Å². The first-order valence-electron chi connectivity index (χ1n) is 9.74. The van der Waals surface area contributed by atoms with Crippen LogP contribution in [-0.4, -0.2) is 17.7 Å². The molecule has 4 aliphatic rings. The Morgan fingerprint density at radius 1 is 1.20 bits per heavy atom. The second-order valence-corrected chi connectivity index (χ2v) is 9.51. The fourth-order valence-electron chi connectivity index (χ4n) is 6.93. The summed E-state index contributed by atoms with van der Waals surface area (Å²) in [6.07, 6.45) is 3.20. The normalized spacial score (nSPS) is 52.4. The van der Waals surface area contributed by atoms with E-state index in [1.165, 1.54) is 5.57 Å². The molecule has 0 aromatic carbocycles. The van der Waals surface area contributed by atoms with E-state index < -0.39 is 11.6 Å². The number of Topliss-reactive ketones (excluding diaryl/α,β-unsaturated/α-hetero) is 1. The standard InChI is InChI=1S/C22H29FO2/c1-11-8-14(24)9-16-12(2)13(3)19-15(22(11,16)5)6-7-21(4)17(19)10-18(23)20(21)25/h9,11-12,15,17-19H,3,6-8,10H2,1-2,4-5H3/t11-,12+,15+,17+,18-,19-,21+,22-/m1/s1. The largest absolute Gasteiger partial charge is 0.296 e. The Kier molecular flexibility index (Phi) is 3.53. The topological polar surface area (TPSA) is 34.1 Å². The minimum absolute atomic E-state index is 0.0437. The molecule has 3 saturated carbocycles. The van der Waals surface area contributed by atoms with Gasteiger partial charge in [0.15, 0.2) is 17.7 Å². The molecule has 3 fully saturated rings. The van der Waals surface area contributed by atoms with Crippen molar-refractivity contribution < 1.29 is 14.0 Å². The molecule has 0 unspecified atom stereocenters. The van der Waals surface area contributed by atoms with Gasteiger partial charge in [0.25, 0.3) is 0 Å². The highest BCUT2D eigenvalue weighted by Crippen LogP contribution is 2.67. The van der Waals surface area contributed by atoms with E-state index in [1.807, 2.05) is 13.0 Å². The third kappa shape index (κ3) is 1.96. The Morgan fingerprint density at radius 2 is 1.88 bits per heavy atom. The van der Waals surface area contributed by atoms with Gasteiger partial charge >= 0.3 is 0 Å². The first-order valence-corrected chi connectivity index (χ1v) is 9.74. The zero-order valence-electron chi connectivity index (χ0n) is 15.8. The lowest BCUT2D eigenvalue weighted by Crippen LogP contribution is -2.55. The van der Waals surface area contributed by atoms with E-state index in [0.717, 1.165) is 18.4 Å². The van der Waals surface area contributed by atoms with E-state index >= 15 is 0 Å². The van der Waals surface area contributed by atoms with Crippen molar-refractivity contribution in [3.63, 3.8) is 0 Å². The number of hydrogen-bond acceptors (Lipinski definition) is 2. The second kappa shape index (κ2) is 5.14. The summed E-state index contributed by atoms with van der Waals surface area (Å²) >= 11 is 0. The van der Waals surface area contributed by atoms with Crippen molar-refractivity contribution in [3.05, 3.63) is 23.8 Å². The van der Waals surface area contributed by atoms with Crippen molar-refractivity contribution in [2.45, 2.75) is 59.5 Å². The number of hydrogen-bond donors (Lipinski definition) is 0. The Balaban J connectivity index is 1.84. The van der Waals surface area contributed by atoms with Crippen LogP contribution in [0.5, 0.6) is 0 Å². The quantitative estimate of drug-likeness (QED) is 0.597. The summed E-state index contributed by atoms with van der Waals surface area (Å²) < 4.78 is 14.4. The molecule has 2 nitrogen and oxygen atoms in total. The molecule has 8 atom stereocenters.